The average molecular weight is 496 g/mol. The predicted molar refractivity (Wildman–Crippen MR) is 138 cm³/mol. The molecule has 0 radical (unpaired) electrons. The van der Waals surface area contributed by atoms with Crippen molar-refractivity contribution in [3.8, 4) is 16.9 Å². The Morgan fingerprint density at radius 3 is 2.40 bits per heavy atom. The molecule has 0 atom stereocenters. The topological polar surface area (TPSA) is 72.9 Å². The molecule has 1 aliphatic rings. The number of methoxy groups -OCH3 is 1. The summed E-state index contributed by atoms with van der Waals surface area (Å²) in [7, 11) is 0.964. The van der Waals surface area contributed by atoms with Crippen LogP contribution in [0.3, 0.4) is 0 Å². The Morgan fingerprint density at radius 2 is 1.69 bits per heavy atom. The van der Waals surface area contributed by atoms with E-state index in [1.165, 1.54) is 51.2 Å². The zero-order chi connectivity index (χ0) is 25.0. The number of benzene rings is 3. The second kappa shape index (κ2) is 10.8. The van der Waals surface area contributed by atoms with Gasteiger partial charge in [-0.05, 0) is 77.4 Å². The zero-order valence-electron chi connectivity index (χ0n) is 20.6. The Bertz CT molecular complexity index is 1310. The van der Waals surface area contributed by atoms with Crippen LogP contribution in [0.4, 0.5) is 0 Å². The van der Waals surface area contributed by atoms with Crippen LogP contribution in [0.5, 0.6) is 5.75 Å². The van der Waals surface area contributed by atoms with Crippen LogP contribution in [0, 0.1) is 5.92 Å². The van der Waals surface area contributed by atoms with Gasteiger partial charge in [-0.1, -0.05) is 37.1 Å². The Hall–Kier alpha value is -2.90. The van der Waals surface area contributed by atoms with Crippen molar-refractivity contribution in [2.75, 3.05) is 27.8 Å². The predicted octanol–water partition coefficient (Wildman–Crippen LogP) is 5.43. The van der Waals surface area contributed by atoms with Gasteiger partial charge in [-0.3, -0.25) is 4.79 Å². The number of fused-ring (bicyclic) bond motifs is 1. The van der Waals surface area contributed by atoms with Crippen LogP contribution in [0.15, 0.2) is 59.5 Å². The molecule has 3 aromatic rings. The molecule has 0 amide bonds. The number of rotatable bonds is 9. The molecule has 3 aromatic carbocycles. The molecule has 4 rings (SSSR count). The van der Waals surface area contributed by atoms with Crippen LogP contribution in [0.25, 0.3) is 21.9 Å². The molecule has 1 fully saturated rings. The minimum atomic E-state index is -3.50. The fourth-order valence-corrected chi connectivity index (χ4v) is 5.52. The Labute approximate surface area is 207 Å². The van der Waals surface area contributed by atoms with Gasteiger partial charge in [-0.15, -0.1) is 0 Å². The maximum atomic E-state index is 12.5. The average Bonchev–Trinajstić information content (AvgIpc) is 3.39. The third-order valence-corrected chi connectivity index (χ3v) is 8.55. The summed E-state index contributed by atoms with van der Waals surface area (Å²) in [6, 6.07) is 17.3. The van der Waals surface area contributed by atoms with Gasteiger partial charge >= 0.3 is 5.97 Å². The van der Waals surface area contributed by atoms with Crippen LogP contribution in [-0.4, -0.2) is 46.5 Å². The van der Waals surface area contributed by atoms with Crippen molar-refractivity contribution in [1.82, 2.24) is 4.31 Å². The van der Waals surface area contributed by atoms with Gasteiger partial charge in [0.25, 0.3) is 0 Å². The van der Waals surface area contributed by atoms with Crippen molar-refractivity contribution in [3.05, 3.63) is 60.2 Å². The lowest BCUT2D eigenvalue weighted by Gasteiger charge is -2.17. The molecular weight excluding hydrogens is 462 g/mol. The highest BCUT2D eigenvalue weighted by molar-refractivity contribution is 7.89. The number of carbonyl (C=O) groups excluding carboxylic acids is 1. The van der Waals surface area contributed by atoms with Gasteiger partial charge in [-0.25, -0.2) is 12.7 Å². The van der Waals surface area contributed by atoms with Gasteiger partial charge in [0.2, 0.25) is 10.0 Å². The molecule has 6 nitrogen and oxygen atoms in total. The van der Waals surface area contributed by atoms with E-state index in [0.717, 1.165) is 33.2 Å². The van der Waals surface area contributed by atoms with Crippen LogP contribution < -0.4 is 4.74 Å². The van der Waals surface area contributed by atoms with E-state index in [2.05, 4.69) is 12.1 Å². The van der Waals surface area contributed by atoms with E-state index in [0.29, 0.717) is 25.4 Å². The lowest BCUT2D eigenvalue weighted by Crippen LogP contribution is -2.22. The van der Waals surface area contributed by atoms with Gasteiger partial charge in [0, 0.05) is 26.1 Å². The van der Waals surface area contributed by atoms with Gasteiger partial charge in [0.15, 0.2) is 0 Å². The molecule has 0 unspecified atom stereocenters. The third kappa shape index (κ3) is 5.85. The van der Waals surface area contributed by atoms with E-state index in [-0.39, 0.29) is 10.9 Å². The Morgan fingerprint density at radius 1 is 0.971 bits per heavy atom. The Kier molecular flexibility index (Phi) is 7.77. The number of ether oxygens (including phenoxy) is 2. The van der Waals surface area contributed by atoms with Crippen molar-refractivity contribution in [3.63, 3.8) is 0 Å². The lowest BCUT2D eigenvalue weighted by atomic mass is 9.97. The van der Waals surface area contributed by atoms with E-state index in [1.807, 2.05) is 30.3 Å². The smallest absolute Gasteiger partial charge is 0.305 e. The van der Waals surface area contributed by atoms with Crippen molar-refractivity contribution < 1.29 is 22.7 Å². The van der Waals surface area contributed by atoms with Gasteiger partial charge in [-0.2, -0.15) is 0 Å². The number of hydrogen-bond donors (Lipinski definition) is 0. The largest absolute Gasteiger partial charge is 0.493 e. The summed E-state index contributed by atoms with van der Waals surface area (Å²) in [5.74, 6) is 1.18. The summed E-state index contributed by atoms with van der Waals surface area (Å²) >= 11 is 0. The lowest BCUT2D eigenvalue weighted by molar-refractivity contribution is -0.140. The summed E-state index contributed by atoms with van der Waals surface area (Å²) in [6.45, 7) is 0.702. The van der Waals surface area contributed by atoms with E-state index in [1.54, 1.807) is 12.1 Å². The zero-order valence-corrected chi connectivity index (χ0v) is 21.4. The summed E-state index contributed by atoms with van der Waals surface area (Å²) in [6.07, 6.45) is 5.86. The first-order valence-corrected chi connectivity index (χ1v) is 13.5. The first-order chi connectivity index (χ1) is 16.8. The minimum absolute atomic E-state index is 0.234. The molecule has 0 heterocycles. The van der Waals surface area contributed by atoms with Crippen molar-refractivity contribution in [2.45, 2.75) is 43.4 Å². The number of nitrogens with zero attached hydrogens (tertiary/aromatic N) is 1. The summed E-state index contributed by atoms with van der Waals surface area (Å²) < 4.78 is 37.4. The molecule has 186 valence electrons. The maximum absolute atomic E-state index is 12.5. The molecule has 1 saturated carbocycles. The summed E-state index contributed by atoms with van der Waals surface area (Å²) in [5.41, 5.74) is 2.99. The van der Waals surface area contributed by atoms with E-state index in [4.69, 9.17) is 9.47 Å². The molecule has 0 N–H and O–H groups in total. The molecule has 0 saturated heterocycles. The van der Waals surface area contributed by atoms with Gasteiger partial charge in [0.05, 0.1) is 18.6 Å². The van der Waals surface area contributed by atoms with Crippen LogP contribution in [0.2, 0.25) is 0 Å². The normalized spacial score (nSPS) is 14.5. The van der Waals surface area contributed by atoms with Crippen LogP contribution in [0.1, 0.15) is 37.7 Å². The molecule has 0 aliphatic heterocycles. The Balaban J connectivity index is 1.68. The van der Waals surface area contributed by atoms with Crippen molar-refractivity contribution >= 4 is 26.8 Å². The molecule has 1 aliphatic carbocycles. The van der Waals surface area contributed by atoms with Gasteiger partial charge in [0.1, 0.15) is 5.75 Å². The first-order valence-electron chi connectivity index (χ1n) is 12.1. The molecule has 0 aromatic heterocycles. The maximum Gasteiger partial charge on any atom is 0.305 e. The fraction of sp³-hybridized carbons (Fsp3) is 0.393. The second-order valence-corrected chi connectivity index (χ2v) is 11.5. The van der Waals surface area contributed by atoms with E-state index >= 15 is 0 Å². The van der Waals surface area contributed by atoms with Crippen molar-refractivity contribution in [1.29, 1.82) is 0 Å². The van der Waals surface area contributed by atoms with Crippen LogP contribution in [-0.2, 0) is 26.0 Å². The standard InChI is InChI=1S/C28H33NO5S/c1-29(2)35(31,32)25-13-12-22-17-24(11-10-23(22)18-25)26-16-20(9-15-28(30)33-3)8-14-27(26)34-19-21-6-4-5-7-21/h8,10-14,16-18,21H,4-7,9,15,19H2,1-3H3. The third-order valence-electron chi connectivity index (χ3n) is 6.74. The highest BCUT2D eigenvalue weighted by Crippen LogP contribution is 2.35. The van der Waals surface area contributed by atoms with E-state index < -0.39 is 10.0 Å². The number of esters is 1. The SMILES string of the molecule is COC(=O)CCc1ccc(OCC2CCCC2)c(-c2ccc3cc(S(=O)(=O)N(C)C)ccc3c2)c1. The van der Waals surface area contributed by atoms with Crippen LogP contribution >= 0.6 is 0 Å². The quantitative estimate of drug-likeness (QED) is 0.370. The second-order valence-electron chi connectivity index (χ2n) is 9.38. The molecule has 0 bridgehead atoms. The highest BCUT2D eigenvalue weighted by Gasteiger charge is 2.19. The van der Waals surface area contributed by atoms with E-state index in [9.17, 15) is 13.2 Å². The molecule has 0 spiro atoms. The number of sulfonamides is 1. The molecule has 35 heavy (non-hydrogen) atoms. The van der Waals surface area contributed by atoms with Crippen molar-refractivity contribution in [2.24, 2.45) is 5.92 Å². The summed E-state index contributed by atoms with van der Waals surface area (Å²) in [5, 5.41) is 1.80. The number of hydrogen-bond acceptors (Lipinski definition) is 5. The highest BCUT2D eigenvalue weighted by atomic mass is 32.2. The minimum Gasteiger partial charge on any atom is -0.493 e. The first kappa shape index (κ1) is 25.2. The number of carbonyl (C=O) groups is 1. The summed E-state index contributed by atoms with van der Waals surface area (Å²) in [4.78, 5) is 11.9. The molecule has 7 heteroatoms. The monoisotopic (exact) mass is 495 g/mol. The fourth-order valence-electron chi connectivity index (χ4n) is 4.58. The molecular formula is C28H33NO5S. The van der Waals surface area contributed by atoms with Gasteiger partial charge < -0.3 is 9.47 Å². The number of aryl methyl sites for hydroxylation is 1.